The molecule has 0 bridgehead atoms. The Bertz CT molecular complexity index is 1350. The predicted molar refractivity (Wildman–Crippen MR) is 155 cm³/mol. The van der Waals surface area contributed by atoms with Gasteiger partial charge in [0.25, 0.3) is 0 Å². The van der Waals surface area contributed by atoms with Gasteiger partial charge in [0.05, 0.1) is 41.7 Å². The zero-order valence-corrected chi connectivity index (χ0v) is 23.6. The van der Waals surface area contributed by atoms with Crippen LogP contribution < -0.4 is 24.8 Å². The summed E-state index contributed by atoms with van der Waals surface area (Å²) in [5, 5.41) is 7.27. The largest absolute Gasteiger partial charge is 0.494 e. The second-order valence-electron chi connectivity index (χ2n) is 9.37. The minimum absolute atomic E-state index is 0.0846. The summed E-state index contributed by atoms with van der Waals surface area (Å²) in [6, 6.07) is 19.9. The smallest absolute Gasteiger partial charge is 0.175 e. The molecule has 0 aromatic heterocycles. The molecule has 2 N–H and O–H groups in total. The SMILES string of the molecule is CCOc1ccc(C2CC(=O)C3=C(C2)Nc2ccccc2NC3c2cc(Br)c(OCC)c(OCC)c2)cc1. The Labute approximate surface area is 232 Å². The Balaban J connectivity index is 1.58. The summed E-state index contributed by atoms with van der Waals surface area (Å²) in [6.45, 7) is 7.54. The molecule has 2 aliphatic rings. The highest BCUT2D eigenvalue weighted by Gasteiger charge is 2.36. The van der Waals surface area contributed by atoms with Gasteiger partial charge in [-0.1, -0.05) is 24.3 Å². The first kappa shape index (κ1) is 26.2. The van der Waals surface area contributed by atoms with E-state index < -0.39 is 0 Å². The predicted octanol–water partition coefficient (Wildman–Crippen LogP) is 7.62. The lowest BCUT2D eigenvalue weighted by molar-refractivity contribution is -0.116. The van der Waals surface area contributed by atoms with Crippen molar-refractivity contribution in [1.82, 2.24) is 0 Å². The molecule has 6 nitrogen and oxygen atoms in total. The summed E-state index contributed by atoms with van der Waals surface area (Å²) in [7, 11) is 0. The fourth-order valence-electron chi connectivity index (χ4n) is 5.28. The van der Waals surface area contributed by atoms with Gasteiger partial charge in [-0.25, -0.2) is 0 Å². The summed E-state index contributed by atoms with van der Waals surface area (Å²) in [5.74, 6) is 2.39. The number of para-hydroxylation sites is 2. The number of hydrogen-bond acceptors (Lipinski definition) is 6. The molecule has 2 atom stereocenters. The molecule has 3 aromatic carbocycles. The van der Waals surface area contributed by atoms with Crippen molar-refractivity contribution in [2.24, 2.45) is 0 Å². The number of carbonyl (C=O) groups excluding carboxylic acids is 1. The van der Waals surface area contributed by atoms with Crippen molar-refractivity contribution in [2.75, 3.05) is 30.5 Å². The van der Waals surface area contributed by atoms with Crippen LogP contribution >= 0.6 is 15.9 Å². The maximum atomic E-state index is 13.9. The highest BCUT2D eigenvalue weighted by molar-refractivity contribution is 9.10. The molecular weight excluding hydrogens is 544 g/mol. The van der Waals surface area contributed by atoms with Crippen molar-refractivity contribution >= 4 is 33.1 Å². The van der Waals surface area contributed by atoms with Gasteiger partial charge in [0.1, 0.15) is 5.75 Å². The molecule has 1 aliphatic carbocycles. The van der Waals surface area contributed by atoms with Gasteiger partial charge < -0.3 is 24.8 Å². The van der Waals surface area contributed by atoms with Gasteiger partial charge in [-0.2, -0.15) is 0 Å². The van der Waals surface area contributed by atoms with Crippen LogP contribution in [0.15, 0.2) is 76.4 Å². The zero-order chi connectivity index (χ0) is 26.6. The summed E-state index contributed by atoms with van der Waals surface area (Å²) >= 11 is 3.69. The molecule has 2 unspecified atom stereocenters. The third-order valence-electron chi connectivity index (χ3n) is 6.93. The molecule has 0 amide bonds. The standard InChI is InChI=1S/C31H33BrN2O4/c1-4-36-22-13-11-19(12-14-22)20-16-26-29(27(35)17-20)30(34-25-10-8-7-9-24(25)33-26)21-15-23(32)31(38-6-3)28(18-21)37-5-2/h7-15,18,20,30,33-34H,4-6,16-17H2,1-3H3. The fraction of sp³-hybridized carbons (Fsp3) is 0.323. The third-order valence-corrected chi connectivity index (χ3v) is 7.51. The van der Waals surface area contributed by atoms with Gasteiger partial charge in [0.15, 0.2) is 17.3 Å². The number of carbonyl (C=O) groups is 1. The van der Waals surface area contributed by atoms with Crippen molar-refractivity contribution in [3.05, 3.63) is 87.5 Å². The maximum absolute atomic E-state index is 13.9. The Kier molecular flexibility index (Phi) is 7.93. The first-order valence-electron chi connectivity index (χ1n) is 13.2. The Morgan fingerprint density at radius 3 is 2.26 bits per heavy atom. The summed E-state index contributed by atoms with van der Waals surface area (Å²) < 4.78 is 18.2. The monoisotopic (exact) mass is 576 g/mol. The number of ketones is 1. The van der Waals surface area contributed by atoms with Crippen molar-refractivity contribution in [2.45, 2.75) is 45.6 Å². The lowest BCUT2D eigenvalue weighted by atomic mass is 9.78. The molecule has 198 valence electrons. The average Bonchev–Trinajstić information content (AvgIpc) is 3.08. The number of fused-ring (bicyclic) bond motifs is 1. The van der Waals surface area contributed by atoms with E-state index in [2.05, 4.69) is 38.7 Å². The molecule has 1 aliphatic heterocycles. The van der Waals surface area contributed by atoms with E-state index in [-0.39, 0.29) is 17.7 Å². The quantitative estimate of drug-likeness (QED) is 0.287. The molecule has 38 heavy (non-hydrogen) atoms. The normalized spacial score (nSPS) is 18.5. The Morgan fingerprint density at radius 1 is 0.842 bits per heavy atom. The van der Waals surface area contributed by atoms with Crippen LogP contribution in [-0.2, 0) is 4.79 Å². The Hall–Kier alpha value is -3.45. The summed E-state index contributed by atoms with van der Waals surface area (Å²) in [5.41, 5.74) is 5.69. The maximum Gasteiger partial charge on any atom is 0.175 e. The second kappa shape index (κ2) is 11.5. The zero-order valence-electron chi connectivity index (χ0n) is 22.0. The molecule has 0 radical (unpaired) electrons. The van der Waals surface area contributed by atoms with Crippen LogP contribution in [0.1, 0.15) is 56.7 Å². The van der Waals surface area contributed by atoms with Crippen molar-refractivity contribution in [3.63, 3.8) is 0 Å². The van der Waals surface area contributed by atoms with Gasteiger partial charge in [-0.3, -0.25) is 4.79 Å². The number of allylic oxidation sites excluding steroid dienone is 1. The first-order valence-corrected chi connectivity index (χ1v) is 14.0. The van der Waals surface area contributed by atoms with E-state index in [1.54, 1.807) is 0 Å². The average molecular weight is 578 g/mol. The number of benzene rings is 3. The van der Waals surface area contributed by atoms with Crippen LogP contribution in [0.5, 0.6) is 17.2 Å². The van der Waals surface area contributed by atoms with E-state index in [9.17, 15) is 4.79 Å². The number of ether oxygens (including phenoxy) is 3. The van der Waals surface area contributed by atoms with Crippen molar-refractivity contribution < 1.29 is 19.0 Å². The molecule has 3 aromatic rings. The van der Waals surface area contributed by atoms with Crippen molar-refractivity contribution in [3.8, 4) is 17.2 Å². The number of hydrogen-bond donors (Lipinski definition) is 2. The van der Waals surface area contributed by atoms with Gasteiger partial charge in [0, 0.05) is 17.7 Å². The molecular formula is C31H33BrN2O4. The molecule has 7 heteroatoms. The molecule has 1 heterocycles. The minimum atomic E-state index is -0.346. The molecule has 0 saturated heterocycles. The van der Waals surface area contributed by atoms with Crippen LogP contribution in [0, 0.1) is 0 Å². The van der Waals surface area contributed by atoms with Gasteiger partial charge in [-0.15, -0.1) is 0 Å². The van der Waals surface area contributed by atoms with Crippen LogP contribution in [0.25, 0.3) is 0 Å². The number of Topliss-reactive ketones (excluding diaryl/α,β-unsaturated/α-hetero) is 1. The highest BCUT2D eigenvalue weighted by Crippen LogP contribution is 2.47. The van der Waals surface area contributed by atoms with E-state index in [4.69, 9.17) is 14.2 Å². The molecule has 0 saturated carbocycles. The molecule has 0 spiro atoms. The number of halogens is 1. The van der Waals surface area contributed by atoms with Crippen LogP contribution in [0.4, 0.5) is 11.4 Å². The van der Waals surface area contributed by atoms with E-state index >= 15 is 0 Å². The summed E-state index contributed by atoms with van der Waals surface area (Å²) in [4.78, 5) is 13.9. The van der Waals surface area contributed by atoms with E-state index in [1.165, 1.54) is 0 Å². The molecule has 5 rings (SSSR count). The topological polar surface area (TPSA) is 68.8 Å². The Morgan fingerprint density at radius 2 is 1.55 bits per heavy atom. The van der Waals surface area contributed by atoms with Crippen LogP contribution in [0.2, 0.25) is 0 Å². The number of rotatable bonds is 8. The lowest BCUT2D eigenvalue weighted by Crippen LogP contribution is -2.27. The van der Waals surface area contributed by atoms with E-state index in [0.29, 0.717) is 37.7 Å². The number of nitrogens with one attached hydrogen (secondary N) is 2. The fourth-order valence-corrected chi connectivity index (χ4v) is 5.86. The lowest BCUT2D eigenvalue weighted by Gasteiger charge is -2.30. The van der Waals surface area contributed by atoms with Crippen molar-refractivity contribution in [1.29, 1.82) is 0 Å². The van der Waals surface area contributed by atoms with Crippen LogP contribution in [0.3, 0.4) is 0 Å². The van der Waals surface area contributed by atoms with Gasteiger partial charge in [0.2, 0.25) is 0 Å². The third kappa shape index (κ3) is 5.25. The highest BCUT2D eigenvalue weighted by atomic mass is 79.9. The second-order valence-corrected chi connectivity index (χ2v) is 10.2. The van der Waals surface area contributed by atoms with E-state index in [1.807, 2.05) is 69.3 Å². The molecule has 0 fully saturated rings. The first-order chi connectivity index (χ1) is 18.5. The van der Waals surface area contributed by atoms with Gasteiger partial charge >= 0.3 is 0 Å². The van der Waals surface area contributed by atoms with Crippen LogP contribution in [-0.4, -0.2) is 25.6 Å². The van der Waals surface area contributed by atoms with E-state index in [0.717, 1.165) is 50.4 Å². The summed E-state index contributed by atoms with van der Waals surface area (Å²) in [6.07, 6.45) is 1.18. The number of anilines is 2. The minimum Gasteiger partial charge on any atom is -0.494 e. The van der Waals surface area contributed by atoms with Gasteiger partial charge in [-0.05, 0) is 96.6 Å².